The lowest BCUT2D eigenvalue weighted by molar-refractivity contribution is 0.165. The number of benzene rings is 1. The molecule has 0 spiro atoms. The second-order valence-corrected chi connectivity index (χ2v) is 9.27. The summed E-state index contributed by atoms with van der Waals surface area (Å²) in [5, 5.41) is 24.1. The van der Waals surface area contributed by atoms with Crippen LogP contribution in [0.4, 0.5) is 5.82 Å². The van der Waals surface area contributed by atoms with Crippen LogP contribution in [0.25, 0.3) is 12.2 Å². The number of nitrogens with zero attached hydrogens (tertiary/aromatic N) is 5. The molecule has 2 aromatic rings. The van der Waals surface area contributed by atoms with Crippen molar-refractivity contribution in [2.75, 3.05) is 25.0 Å². The maximum Gasteiger partial charge on any atom is 0.156 e. The van der Waals surface area contributed by atoms with E-state index in [1.54, 1.807) is 0 Å². The molecule has 1 aromatic heterocycles. The van der Waals surface area contributed by atoms with Gasteiger partial charge in [0.15, 0.2) is 5.82 Å². The molecule has 0 amide bonds. The molecule has 2 atom stereocenters. The summed E-state index contributed by atoms with van der Waals surface area (Å²) in [6.45, 7) is 14.5. The SMILES string of the molecule is C/C=c1/c(C)nnc(NCc2cccc(C#N)c2C)/c1=C/C(=C/CC)N1C[C@@H]2C[C@H]1CN2CC. The second-order valence-electron chi connectivity index (χ2n) is 9.27. The second kappa shape index (κ2) is 10.4. The van der Waals surface area contributed by atoms with E-state index in [1.165, 1.54) is 12.1 Å². The van der Waals surface area contributed by atoms with E-state index in [0.717, 1.165) is 59.1 Å². The highest BCUT2D eigenvalue weighted by Crippen LogP contribution is 2.33. The summed E-state index contributed by atoms with van der Waals surface area (Å²) in [5.41, 5.74) is 5.02. The van der Waals surface area contributed by atoms with Gasteiger partial charge in [-0.2, -0.15) is 10.4 Å². The number of aromatic nitrogens is 2. The van der Waals surface area contributed by atoms with Gasteiger partial charge in [0.25, 0.3) is 0 Å². The van der Waals surface area contributed by atoms with Crippen molar-refractivity contribution in [3.8, 4) is 6.07 Å². The van der Waals surface area contributed by atoms with Gasteiger partial charge in [-0.25, -0.2) is 0 Å². The molecule has 0 aliphatic carbocycles. The zero-order chi connectivity index (χ0) is 24.2. The van der Waals surface area contributed by atoms with Gasteiger partial charge in [0.05, 0.1) is 17.3 Å². The maximum absolute atomic E-state index is 9.39. The van der Waals surface area contributed by atoms with Gasteiger partial charge in [0.2, 0.25) is 0 Å². The molecule has 2 aliphatic heterocycles. The lowest BCUT2D eigenvalue weighted by Crippen LogP contribution is -2.45. The highest BCUT2D eigenvalue weighted by molar-refractivity contribution is 5.55. The normalized spacial score (nSPS) is 21.4. The molecule has 0 saturated carbocycles. The molecule has 2 bridgehead atoms. The van der Waals surface area contributed by atoms with Gasteiger partial charge >= 0.3 is 0 Å². The Bertz CT molecular complexity index is 1240. The first-order chi connectivity index (χ1) is 16.5. The summed E-state index contributed by atoms with van der Waals surface area (Å²) in [5.74, 6) is 0.780. The van der Waals surface area contributed by atoms with Crippen molar-refractivity contribution < 1.29 is 0 Å². The third-order valence-electron chi connectivity index (χ3n) is 7.33. The number of likely N-dealkylation sites (N-methyl/N-ethyl adjacent to an activating group) is 1. The molecule has 6 heteroatoms. The largest absolute Gasteiger partial charge is 0.366 e. The molecule has 0 radical (unpaired) electrons. The predicted molar refractivity (Wildman–Crippen MR) is 138 cm³/mol. The third-order valence-corrected chi connectivity index (χ3v) is 7.33. The first-order valence-corrected chi connectivity index (χ1v) is 12.4. The summed E-state index contributed by atoms with van der Waals surface area (Å²) in [6.07, 6.45) is 9.02. The first-order valence-electron chi connectivity index (χ1n) is 12.4. The lowest BCUT2D eigenvalue weighted by atomic mass is 10.0. The summed E-state index contributed by atoms with van der Waals surface area (Å²) >= 11 is 0. The third kappa shape index (κ3) is 4.58. The van der Waals surface area contributed by atoms with Crippen LogP contribution in [0.15, 0.2) is 30.0 Å². The molecule has 1 aromatic carbocycles. The maximum atomic E-state index is 9.39. The van der Waals surface area contributed by atoms with Crippen LogP contribution in [0.2, 0.25) is 0 Å². The van der Waals surface area contributed by atoms with Crippen LogP contribution in [0, 0.1) is 25.2 Å². The molecule has 6 nitrogen and oxygen atoms in total. The van der Waals surface area contributed by atoms with Crippen molar-refractivity contribution in [2.24, 2.45) is 0 Å². The van der Waals surface area contributed by atoms with E-state index in [0.29, 0.717) is 24.2 Å². The molecular formula is C28H36N6. The number of nitriles is 1. The molecule has 178 valence electrons. The lowest BCUT2D eigenvalue weighted by Gasteiger charge is -2.35. The minimum absolute atomic E-state index is 0.580. The van der Waals surface area contributed by atoms with E-state index >= 15 is 0 Å². The Balaban J connectivity index is 1.71. The minimum atomic E-state index is 0.580. The van der Waals surface area contributed by atoms with Crippen LogP contribution in [-0.2, 0) is 6.54 Å². The Hall–Kier alpha value is -3.17. The van der Waals surface area contributed by atoms with Gasteiger partial charge in [0.1, 0.15) is 0 Å². The Morgan fingerprint density at radius 3 is 2.65 bits per heavy atom. The fraction of sp³-hybridized carbons (Fsp3) is 0.464. The highest BCUT2D eigenvalue weighted by atomic mass is 15.3. The smallest absolute Gasteiger partial charge is 0.156 e. The first kappa shape index (κ1) is 24.0. The monoisotopic (exact) mass is 456 g/mol. The number of rotatable bonds is 7. The zero-order valence-corrected chi connectivity index (χ0v) is 21.1. The molecule has 0 unspecified atom stereocenters. The van der Waals surface area contributed by atoms with E-state index in [2.05, 4.69) is 76.4 Å². The Kier molecular flexibility index (Phi) is 7.33. The fourth-order valence-corrected chi connectivity index (χ4v) is 5.44. The Labute approximate surface area is 203 Å². The van der Waals surface area contributed by atoms with Crippen molar-refractivity contribution in [1.29, 1.82) is 5.26 Å². The van der Waals surface area contributed by atoms with Gasteiger partial charge in [-0.1, -0.05) is 38.1 Å². The predicted octanol–water partition coefficient (Wildman–Crippen LogP) is 3.23. The van der Waals surface area contributed by atoms with Crippen LogP contribution in [0.3, 0.4) is 0 Å². The van der Waals surface area contributed by atoms with Crippen molar-refractivity contribution in [2.45, 2.75) is 66.1 Å². The van der Waals surface area contributed by atoms with E-state index in [4.69, 9.17) is 0 Å². The van der Waals surface area contributed by atoms with Crippen LogP contribution >= 0.6 is 0 Å². The number of fused-ring (bicyclic) bond motifs is 2. The van der Waals surface area contributed by atoms with Gasteiger partial charge in [-0.3, -0.25) is 4.90 Å². The standard InChI is InChI=1S/C28H36N6/c1-6-10-23(34-18-24-13-25(34)17-33(24)8-3)14-27-26(7-2)20(5)31-32-28(27)30-16-22-12-9-11-21(15-29)19(22)4/h7,9-12,14,24-25H,6,8,13,16-18H2,1-5H3,(H,30,32)/b23-10-,26-7-,27-14+/t24-,25-/m0/s1. The van der Waals surface area contributed by atoms with Gasteiger partial charge in [-0.05, 0) is 63.4 Å². The summed E-state index contributed by atoms with van der Waals surface area (Å²) in [4.78, 5) is 5.21. The van der Waals surface area contributed by atoms with Crippen LogP contribution < -0.4 is 15.8 Å². The Morgan fingerprint density at radius 1 is 1.18 bits per heavy atom. The van der Waals surface area contributed by atoms with E-state index in [9.17, 15) is 5.26 Å². The molecule has 34 heavy (non-hydrogen) atoms. The number of allylic oxidation sites excluding steroid dienone is 2. The van der Waals surface area contributed by atoms with Gasteiger partial charge < -0.3 is 10.2 Å². The average molecular weight is 457 g/mol. The molecule has 2 fully saturated rings. The fourth-order valence-electron chi connectivity index (χ4n) is 5.44. The van der Waals surface area contributed by atoms with E-state index in [1.807, 2.05) is 26.0 Å². The molecular weight excluding hydrogens is 420 g/mol. The average Bonchev–Trinajstić information content (AvgIpc) is 3.45. The number of piperazine rings is 1. The quantitative estimate of drug-likeness (QED) is 0.690. The van der Waals surface area contributed by atoms with Gasteiger partial charge in [-0.15, -0.1) is 5.10 Å². The minimum Gasteiger partial charge on any atom is -0.366 e. The Morgan fingerprint density at radius 2 is 2.00 bits per heavy atom. The number of anilines is 1. The molecule has 2 saturated heterocycles. The van der Waals surface area contributed by atoms with Crippen molar-refractivity contribution in [3.05, 3.63) is 62.8 Å². The summed E-state index contributed by atoms with van der Waals surface area (Å²) in [6, 6.07) is 9.37. The molecule has 3 heterocycles. The number of aryl methyl sites for hydroxylation is 1. The van der Waals surface area contributed by atoms with Gasteiger partial charge in [0, 0.05) is 47.9 Å². The molecule has 4 rings (SSSR count). The summed E-state index contributed by atoms with van der Waals surface area (Å²) < 4.78 is 0. The molecule has 2 aliphatic rings. The number of hydrogen-bond donors (Lipinski definition) is 1. The van der Waals surface area contributed by atoms with E-state index < -0.39 is 0 Å². The number of hydrogen-bond acceptors (Lipinski definition) is 6. The van der Waals surface area contributed by atoms with Crippen molar-refractivity contribution >= 4 is 18.0 Å². The summed E-state index contributed by atoms with van der Waals surface area (Å²) in [7, 11) is 0. The zero-order valence-electron chi connectivity index (χ0n) is 21.1. The highest BCUT2D eigenvalue weighted by Gasteiger charge is 2.42. The van der Waals surface area contributed by atoms with Crippen LogP contribution in [0.1, 0.15) is 56.0 Å². The number of nitrogens with one attached hydrogen (secondary N) is 1. The number of likely N-dealkylation sites (tertiary alicyclic amines) is 2. The van der Waals surface area contributed by atoms with Crippen molar-refractivity contribution in [3.63, 3.8) is 0 Å². The molecule has 1 N–H and O–H groups in total. The topological polar surface area (TPSA) is 68.1 Å². The van der Waals surface area contributed by atoms with Crippen LogP contribution in [-0.4, -0.2) is 51.7 Å². The van der Waals surface area contributed by atoms with Crippen LogP contribution in [0.5, 0.6) is 0 Å². The van der Waals surface area contributed by atoms with E-state index in [-0.39, 0.29) is 0 Å². The van der Waals surface area contributed by atoms with Crippen molar-refractivity contribution in [1.82, 2.24) is 20.0 Å².